The van der Waals surface area contributed by atoms with E-state index in [1.54, 1.807) is 12.5 Å². The summed E-state index contributed by atoms with van der Waals surface area (Å²) < 4.78 is 6.93. The summed E-state index contributed by atoms with van der Waals surface area (Å²) >= 11 is 0. The Bertz CT molecular complexity index is 929. The summed E-state index contributed by atoms with van der Waals surface area (Å²) in [5, 5.41) is 7.68. The quantitative estimate of drug-likeness (QED) is 0.553. The molecule has 130 valence electrons. The molecule has 0 saturated carbocycles. The van der Waals surface area contributed by atoms with Crippen molar-refractivity contribution in [1.29, 1.82) is 0 Å². The number of nitrogens with zero attached hydrogens (tertiary/aromatic N) is 3. The molecule has 5 heteroatoms. The third-order valence-electron chi connectivity index (χ3n) is 4.29. The van der Waals surface area contributed by atoms with Gasteiger partial charge in [0.25, 0.3) is 0 Å². The zero-order chi connectivity index (χ0) is 17.6. The van der Waals surface area contributed by atoms with Crippen LogP contribution in [0.3, 0.4) is 0 Å². The highest BCUT2D eigenvalue weighted by Gasteiger charge is 2.05. The number of benzene rings is 2. The first-order valence-electron chi connectivity index (χ1n) is 8.61. The smallest absolute Gasteiger partial charge is 0.180 e. The molecule has 2 aromatic heterocycles. The van der Waals surface area contributed by atoms with Gasteiger partial charge in [0, 0.05) is 25.5 Å². The minimum Gasteiger partial charge on any atom is -0.451 e. The van der Waals surface area contributed by atoms with Crippen LogP contribution in [-0.4, -0.2) is 14.8 Å². The van der Waals surface area contributed by atoms with Gasteiger partial charge in [-0.05, 0) is 28.3 Å². The zero-order valence-electron chi connectivity index (χ0n) is 14.4. The molecule has 4 aromatic rings. The second-order valence-corrected chi connectivity index (χ2v) is 6.14. The Morgan fingerprint density at radius 1 is 0.962 bits per heavy atom. The number of nitrogens with one attached hydrogen (secondary N) is 1. The fraction of sp³-hybridized carbons (Fsp3) is 0.143. The maximum Gasteiger partial charge on any atom is 0.180 e. The van der Waals surface area contributed by atoms with E-state index in [-0.39, 0.29) is 0 Å². The van der Waals surface area contributed by atoms with Crippen LogP contribution in [0, 0.1) is 0 Å². The molecule has 2 aromatic carbocycles. The van der Waals surface area contributed by atoms with Crippen LogP contribution in [0.15, 0.2) is 84.1 Å². The van der Waals surface area contributed by atoms with Gasteiger partial charge in [-0.1, -0.05) is 48.5 Å². The number of oxazole rings is 1. The van der Waals surface area contributed by atoms with Gasteiger partial charge in [-0.15, -0.1) is 0 Å². The van der Waals surface area contributed by atoms with Gasteiger partial charge in [-0.2, -0.15) is 5.10 Å². The minimum absolute atomic E-state index is 0.688. The maximum atomic E-state index is 5.00. The van der Waals surface area contributed by atoms with Gasteiger partial charge in [-0.25, -0.2) is 4.98 Å². The average Bonchev–Trinajstić information content (AvgIpc) is 3.37. The third kappa shape index (κ3) is 3.90. The van der Waals surface area contributed by atoms with Crippen LogP contribution >= 0.6 is 0 Å². The monoisotopic (exact) mass is 344 g/mol. The Labute approximate surface area is 152 Å². The summed E-state index contributed by atoms with van der Waals surface area (Å²) in [5.41, 5.74) is 5.86. The van der Waals surface area contributed by atoms with Crippen LogP contribution in [0.2, 0.25) is 0 Å². The molecule has 1 N–H and O–H groups in total. The fourth-order valence-electron chi connectivity index (χ4n) is 2.98. The van der Waals surface area contributed by atoms with Crippen molar-refractivity contribution in [2.75, 3.05) is 0 Å². The predicted octanol–water partition coefficient (Wildman–Crippen LogP) is 3.88. The highest BCUT2D eigenvalue weighted by molar-refractivity contribution is 5.67. The molecule has 0 aliphatic rings. The Hall–Kier alpha value is -3.18. The number of aromatic nitrogens is 3. The Balaban J connectivity index is 1.46. The van der Waals surface area contributed by atoms with Gasteiger partial charge >= 0.3 is 0 Å². The second kappa shape index (κ2) is 7.80. The molecule has 5 nitrogen and oxygen atoms in total. The van der Waals surface area contributed by atoms with Crippen molar-refractivity contribution in [2.45, 2.75) is 19.6 Å². The van der Waals surface area contributed by atoms with Crippen molar-refractivity contribution < 1.29 is 4.42 Å². The normalized spacial score (nSPS) is 10.9. The van der Waals surface area contributed by atoms with Crippen LogP contribution in [-0.2, 0) is 19.6 Å². The van der Waals surface area contributed by atoms with Crippen molar-refractivity contribution in [3.05, 3.63) is 96.5 Å². The fourth-order valence-corrected chi connectivity index (χ4v) is 2.98. The van der Waals surface area contributed by atoms with E-state index in [0.717, 1.165) is 18.8 Å². The molecule has 0 aliphatic carbocycles. The first-order chi connectivity index (χ1) is 12.9. The Kier molecular flexibility index (Phi) is 4.89. The zero-order valence-corrected chi connectivity index (χ0v) is 14.4. The van der Waals surface area contributed by atoms with E-state index in [0.29, 0.717) is 6.54 Å². The topological polar surface area (TPSA) is 55.9 Å². The molecular formula is C21H20N4O. The average molecular weight is 344 g/mol. The predicted molar refractivity (Wildman–Crippen MR) is 100 cm³/mol. The third-order valence-corrected chi connectivity index (χ3v) is 4.29. The van der Waals surface area contributed by atoms with Crippen molar-refractivity contribution in [3.63, 3.8) is 0 Å². The van der Waals surface area contributed by atoms with E-state index in [9.17, 15) is 0 Å². The highest BCUT2D eigenvalue weighted by atomic mass is 16.3. The van der Waals surface area contributed by atoms with Gasteiger partial charge in [-0.3, -0.25) is 4.68 Å². The van der Waals surface area contributed by atoms with Gasteiger partial charge in [0.15, 0.2) is 6.39 Å². The Morgan fingerprint density at radius 3 is 2.62 bits per heavy atom. The summed E-state index contributed by atoms with van der Waals surface area (Å²) in [7, 11) is 0. The maximum absolute atomic E-state index is 5.00. The summed E-state index contributed by atoms with van der Waals surface area (Å²) in [6.45, 7) is 2.25. The largest absolute Gasteiger partial charge is 0.451 e. The lowest BCUT2D eigenvalue weighted by atomic mass is 9.98. The van der Waals surface area contributed by atoms with E-state index >= 15 is 0 Å². The number of hydrogen-bond acceptors (Lipinski definition) is 4. The molecule has 2 heterocycles. The van der Waals surface area contributed by atoms with E-state index in [1.807, 2.05) is 16.9 Å². The van der Waals surface area contributed by atoms with Crippen molar-refractivity contribution in [2.24, 2.45) is 0 Å². The van der Waals surface area contributed by atoms with Gasteiger partial charge < -0.3 is 9.73 Å². The molecule has 4 rings (SSSR count). The molecule has 0 saturated heterocycles. The van der Waals surface area contributed by atoms with Crippen LogP contribution < -0.4 is 5.32 Å². The van der Waals surface area contributed by atoms with Gasteiger partial charge in [0.2, 0.25) is 0 Å². The Morgan fingerprint density at radius 2 is 1.85 bits per heavy atom. The number of hydrogen-bond donors (Lipinski definition) is 1. The summed E-state index contributed by atoms with van der Waals surface area (Å²) in [6.07, 6.45) is 6.90. The lowest BCUT2D eigenvalue weighted by Crippen LogP contribution is -2.13. The van der Waals surface area contributed by atoms with Crippen molar-refractivity contribution in [3.8, 4) is 11.1 Å². The molecule has 0 aliphatic heterocycles. The summed E-state index contributed by atoms with van der Waals surface area (Å²) in [4.78, 5) is 4.13. The van der Waals surface area contributed by atoms with E-state index < -0.39 is 0 Å². The van der Waals surface area contributed by atoms with Gasteiger partial charge in [0.1, 0.15) is 6.26 Å². The van der Waals surface area contributed by atoms with E-state index in [2.05, 4.69) is 63.9 Å². The molecule has 0 bridgehead atoms. The van der Waals surface area contributed by atoms with Gasteiger partial charge in [0.05, 0.1) is 12.2 Å². The lowest BCUT2D eigenvalue weighted by molar-refractivity contribution is 0.554. The molecule has 0 radical (unpaired) electrons. The molecule has 26 heavy (non-hydrogen) atoms. The number of rotatable bonds is 7. The first-order valence-corrected chi connectivity index (χ1v) is 8.61. The highest BCUT2D eigenvalue weighted by Crippen LogP contribution is 2.24. The van der Waals surface area contributed by atoms with Crippen molar-refractivity contribution >= 4 is 0 Å². The molecule has 0 spiro atoms. The van der Waals surface area contributed by atoms with Crippen LogP contribution in [0.5, 0.6) is 0 Å². The molecule has 0 fully saturated rings. The standard InChI is InChI=1S/C21H20N4O/c1-2-5-21(19(4-1)12-22-13-20-15-26-16-23-20)18-8-6-17(7-9-18)14-25-11-3-10-24-25/h1-11,15-16,22H,12-14H2. The molecule has 0 amide bonds. The summed E-state index contributed by atoms with van der Waals surface area (Å²) in [6, 6.07) is 19.1. The molecule has 0 atom stereocenters. The van der Waals surface area contributed by atoms with Crippen LogP contribution in [0.1, 0.15) is 16.8 Å². The summed E-state index contributed by atoms with van der Waals surface area (Å²) in [5.74, 6) is 0. The molecular weight excluding hydrogens is 324 g/mol. The lowest BCUT2D eigenvalue weighted by Gasteiger charge is -2.11. The van der Waals surface area contributed by atoms with E-state index in [1.165, 1.54) is 28.6 Å². The van der Waals surface area contributed by atoms with Crippen LogP contribution in [0.4, 0.5) is 0 Å². The van der Waals surface area contributed by atoms with Crippen molar-refractivity contribution in [1.82, 2.24) is 20.1 Å². The van der Waals surface area contributed by atoms with Crippen LogP contribution in [0.25, 0.3) is 11.1 Å². The first kappa shape index (κ1) is 16.3. The second-order valence-electron chi connectivity index (χ2n) is 6.14. The SMILES string of the molecule is c1ccc(-c2ccc(Cn3cccn3)cc2)c(CNCc2cocn2)c1. The van der Waals surface area contributed by atoms with E-state index in [4.69, 9.17) is 4.42 Å². The molecule has 0 unspecified atom stereocenters. The minimum atomic E-state index is 0.688.